The zero-order valence-electron chi connectivity index (χ0n) is 13.9. The highest BCUT2D eigenvalue weighted by Gasteiger charge is 2.63. The number of rotatable bonds is 0. The Bertz CT molecular complexity index is 561. The predicted octanol–water partition coefficient (Wildman–Crippen LogP) is 3.57. The summed E-state index contributed by atoms with van der Waals surface area (Å²) in [6, 6.07) is 0. The van der Waals surface area contributed by atoms with Crippen molar-refractivity contribution in [1.29, 1.82) is 0 Å². The third-order valence-corrected chi connectivity index (χ3v) is 8.30. The van der Waals surface area contributed by atoms with Crippen LogP contribution in [0.15, 0.2) is 0 Å². The number of terminal acetylenes is 1. The van der Waals surface area contributed by atoms with Gasteiger partial charge in [0.2, 0.25) is 0 Å². The number of fused-ring (bicyclic) bond motifs is 5. The summed E-state index contributed by atoms with van der Waals surface area (Å²) in [6.07, 6.45) is 13.7. The first-order chi connectivity index (χ1) is 10.3. The number of carbonyl (C=O) groups is 1. The van der Waals surface area contributed by atoms with E-state index in [1.165, 1.54) is 12.8 Å². The normalized spacial score (nSPS) is 56.9. The predicted molar refractivity (Wildman–Crippen MR) is 85.9 cm³/mol. The summed E-state index contributed by atoms with van der Waals surface area (Å²) >= 11 is 0. The molecule has 0 aromatic carbocycles. The van der Waals surface area contributed by atoms with Gasteiger partial charge in [0.25, 0.3) is 0 Å². The highest BCUT2D eigenvalue weighted by Crippen LogP contribution is 2.67. The number of hydrogen-bond donors (Lipinski definition) is 1. The minimum absolute atomic E-state index is 0.0502. The minimum Gasteiger partial charge on any atom is -0.378 e. The van der Waals surface area contributed by atoms with Gasteiger partial charge in [-0.3, -0.25) is 4.79 Å². The van der Waals surface area contributed by atoms with Crippen LogP contribution in [0.3, 0.4) is 0 Å². The molecule has 0 bridgehead atoms. The second kappa shape index (κ2) is 4.38. The van der Waals surface area contributed by atoms with E-state index in [0.29, 0.717) is 29.5 Å². The molecule has 2 nitrogen and oxygen atoms in total. The van der Waals surface area contributed by atoms with Gasteiger partial charge in [0.15, 0.2) is 0 Å². The second-order valence-corrected chi connectivity index (χ2v) is 9.13. The fourth-order valence-corrected chi connectivity index (χ4v) is 7.14. The number of carbonyl (C=O) groups excluding carboxylic acids is 1. The van der Waals surface area contributed by atoms with Crippen molar-refractivity contribution in [3.8, 4) is 12.3 Å². The number of aliphatic hydroxyl groups is 1. The van der Waals surface area contributed by atoms with Crippen LogP contribution in [-0.2, 0) is 4.79 Å². The van der Waals surface area contributed by atoms with Gasteiger partial charge in [-0.15, -0.1) is 6.42 Å². The summed E-state index contributed by atoms with van der Waals surface area (Å²) in [5.74, 6) is 5.66. The van der Waals surface area contributed by atoms with E-state index >= 15 is 0 Å². The lowest BCUT2D eigenvalue weighted by atomic mass is 9.48. The minimum atomic E-state index is -0.888. The Morgan fingerprint density at radius 3 is 2.68 bits per heavy atom. The monoisotopic (exact) mass is 300 g/mol. The summed E-state index contributed by atoms with van der Waals surface area (Å²) in [5, 5.41) is 10.7. The number of ketones is 1. The Kier molecular flexibility index (Phi) is 2.94. The van der Waals surface area contributed by atoms with E-state index in [1.807, 2.05) is 0 Å². The van der Waals surface area contributed by atoms with Gasteiger partial charge in [-0.25, -0.2) is 0 Å². The molecule has 4 aliphatic rings. The van der Waals surface area contributed by atoms with Crippen molar-refractivity contribution in [2.75, 3.05) is 0 Å². The van der Waals surface area contributed by atoms with Crippen molar-refractivity contribution >= 4 is 5.78 Å². The first-order valence-corrected chi connectivity index (χ1v) is 9.06. The molecule has 4 saturated carbocycles. The first kappa shape index (κ1) is 14.8. The number of Topliss-reactive ketones (excluding diaryl/α,β-unsaturated/α-hetero) is 1. The van der Waals surface area contributed by atoms with Gasteiger partial charge in [0.05, 0.1) is 0 Å². The first-order valence-electron chi connectivity index (χ1n) is 9.06. The maximum atomic E-state index is 12.4. The summed E-state index contributed by atoms with van der Waals surface area (Å²) in [5.41, 5.74) is -0.761. The van der Waals surface area contributed by atoms with Gasteiger partial charge in [-0.05, 0) is 74.0 Å². The van der Waals surface area contributed by atoms with Crippen LogP contribution >= 0.6 is 0 Å². The molecule has 0 aromatic heterocycles. The molecule has 4 rings (SSSR count). The van der Waals surface area contributed by atoms with E-state index in [1.54, 1.807) is 0 Å². The smallest absolute Gasteiger partial charge is 0.139 e. The van der Waals surface area contributed by atoms with Crippen molar-refractivity contribution in [3.05, 3.63) is 0 Å². The van der Waals surface area contributed by atoms with Crippen LogP contribution in [0, 0.1) is 46.8 Å². The van der Waals surface area contributed by atoms with Crippen LogP contribution in [0.5, 0.6) is 0 Å². The summed E-state index contributed by atoms with van der Waals surface area (Å²) < 4.78 is 0. The van der Waals surface area contributed by atoms with Crippen molar-refractivity contribution in [1.82, 2.24) is 0 Å². The van der Waals surface area contributed by atoms with E-state index in [9.17, 15) is 9.90 Å². The van der Waals surface area contributed by atoms with Crippen LogP contribution in [0.4, 0.5) is 0 Å². The van der Waals surface area contributed by atoms with E-state index in [-0.39, 0.29) is 10.8 Å². The topological polar surface area (TPSA) is 37.3 Å². The fourth-order valence-electron chi connectivity index (χ4n) is 7.14. The van der Waals surface area contributed by atoms with Crippen LogP contribution in [-0.4, -0.2) is 16.5 Å². The molecule has 0 aliphatic heterocycles. The highest BCUT2D eigenvalue weighted by atomic mass is 16.3. The molecule has 1 N–H and O–H groups in total. The van der Waals surface area contributed by atoms with Gasteiger partial charge in [-0.1, -0.05) is 19.8 Å². The summed E-state index contributed by atoms with van der Waals surface area (Å²) in [6.45, 7) is 4.60. The lowest BCUT2D eigenvalue weighted by molar-refractivity contribution is -0.135. The Labute approximate surface area is 134 Å². The van der Waals surface area contributed by atoms with E-state index in [2.05, 4.69) is 19.8 Å². The Morgan fingerprint density at radius 1 is 1.18 bits per heavy atom. The van der Waals surface area contributed by atoms with Crippen molar-refractivity contribution in [2.24, 2.45) is 34.5 Å². The standard InChI is InChI=1S/C20H28O2/c1-4-20(22)11-13-5-6-14-15-7-8-17(21)18(15,2)10-9-16(14)19(13,3)12-20/h1,13-16,22H,5-12H2,2-3H3. The molecule has 120 valence electrons. The summed E-state index contributed by atoms with van der Waals surface area (Å²) in [4.78, 5) is 12.4. The van der Waals surface area contributed by atoms with E-state index < -0.39 is 5.60 Å². The average Bonchev–Trinajstić information content (AvgIpc) is 2.93. The van der Waals surface area contributed by atoms with Crippen LogP contribution in [0.1, 0.15) is 65.2 Å². The molecule has 0 spiro atoms. The van der Waals surface area contributed by atoms with Crippen LogP contribution in [0.25, 0.3) is 0 Å². The zero-order chi connectivity index (χ0) is 15.8. The molecule has 0 aromatic rings. The van der Waals surface area contributed by atoms with Crippen molar-refractivity contribution < 1.29 is 9.90 Å². The molecular formula is C20H28O2. The van der Waals surface area contributed by atoms with Crippen LogP contribution in [0.2, 0.25) is 0 Å². The Morgan fingerprint density at radius 2 is 1.95 bits per heavy atom. The van der Waals surface area contributed by atoms with Gasteiger partial charge >= 0.3 is 0 Å². The van der Waals surface area contributed by atoms with Crippen molar-refractivity contribution in [2.45, 2.75) is 70.8 Å². The average molecular weight is 300 g/mol. The Balaban J connectivity index is 1.67. The molecule has 0 heterocycles. The lowest BCUT2D eigenvalue weighted by Gasteiger charge is -2.56. The molecule has 0 amide bonds. The second-order valence-electron chi connectivity index (χ2n) is 9.13. The van der Waals surface area contributed by atoms with Gasteiger partial charge in [0.1, 0.15) is 11.4 Å². The van der Waals surface area contributed by atoms with Gasteiger partial charge in [-0.2, -0.15) is 0 Å². The van der Waals surface area contributed by atoms with Gasteiger partial charge < -0.3 is 5.11 Å². The molecular weight excluding hydrogens is 272 g/mol. The van der Waals surface area contributed by atoms with Crippen molar-refractivity contribution in [3.63, 3.8) is 0 Å². The van der Waals surface area contributed by atoms with Crippen LogP contribution < -0.4 is 0 Å². The fraction of sp³-hybridized carbons (Fsp3) is 0.850. The third kappa shape index (κ3) is 1.70. The SMILES string of the molecule is C#CC1(O)CC2CCC3C4CCC(=O)C4(C)CCC3C2(C)C1. The molecule has 22 heavy (non-hydrogen) atoms. The molecule has 0 saturated heterocycles. The molecule has 4 fully saturated rings. The molecule has 0 radical (unpaired) electrons. The quantitative estimate of drug-likeness (QED) is 0.694. The molecule has 2 heteroatoms. The Hall–Kier alpha value is -0.810. The van der Waals surface area contributed by atoms with E-state index in [0.717, 1.165) is 38.5 Å². The molecule has 7 atom stereocenters. The van der Waals surface area contributed by atoms with E-state index in [4.69, 9.17) is 6.42 Å². The highest BCUT2D eigenvalue weighted by molar-refractivity contribution is 5.87. The lowest BCUT2D eigenvalue weighted by Crippen LogP contribution is -2.50. The number of hydrogen-bond acceptors (Lipinski definition) is 2. The van der Waals surface area contributed by atoms with Gasteiger partial charge in [0, 0.05) is 11.8 Å². The molecule has 7 unspecified atom stereocenters. The maximum Gasteiger partial charge on any atom is 0.139 e. The maximum absolute atomic E-state index is 12.4. The largest absolute Gasteiger partial charge is 0.378 e. The zero-order valence-corrected chi connectivity index (χ0v) is 13.9. The summed E-state index contributed by atoms with van der Waals surface area (Å²) in [7, 11) is 0. The third-order valence-electron chi connectivity index (χ3n) is 8.30. The molecule has 4 aliphatic carbocycles.